The molecule has 0 aliphatic heterocycles. The Hall–Kier alpha value is 2.64. The summed E-state index contributed by atoms with van der Waals surface area (Å²) in [6, 6.07) is 0. The van der Waals surface area contributed by atoms with Crippen LogP contribution >= 0.6 is 7.82 Å². The average molecular weight is 222 g/mol. The van der Waals surface area contributed by atoms with Gasteiger partial charge in [0.1, 0.15) is 0 Å². The molecule has 0 saturated carbocycles. The monoisotopic (exact) mass is 222 g/mol. The topological polar surface area (TPSA) is 143 Å². The molecule has 0 spiro atoms. The van der Waals surface area contributed by atoms with Crippen molar-refractivity contribution in [2.75, 3.05) is 0 Å². The molecule has 0 aromatic rings. The second kappa shape index (κ2) is 20.1. The summed E-state index contributed by atoms with van der Waals surface area (Å²) < 4.78 is 34.2. The molecule has 0 N–H and O–H groups in total. The van der Waals surface area contributed by atoms with Gasteiger partial charge in [-0.05, 0) is 0 Å². The third kappa shape index (κ3) is 335. The minimum atomic E-state index is -5.39. The summed E-state index contributed by atoms with van der Waals surface area (Å²) in [5.74, 6) is 0. The van der Waals surface area contributed by atoms with Crippen molar-refractivity contribution in [2.24, 2.45) is 0 Å². The van der Waals surface area contributed by atoms with Crippen LogP contribution in [0.1, 0.15) is 0 Å². The Balaban J connectivity index is -0.0000000146. The molecule has 0 saturated heterocycles. The van der Waals surface area contributed by atoms with Crippen molar-refractivity contribution in [3.05, 3.63) is 0 Å². The first-order chi connectivity index (χ1) is 3.73. The first-order valence-corrected chi connectivity index (χ1v) is 4.45. The molecule has 0 fully saturated rings. The summed E-state index contributed by atoms with van der Waals surface area (Å²) >= 11 is -3.94. The van der Waals surface area contributed by atoms with E-state index in [0.29, 0.717) is 0 Å². The van der Waals surface area contributed by atoms with Crippen LogP contribution in [0.2, 0.25) is 0 Å². The van der Waals surface area contributed by atoms with Gasteiger partial charge in [0.2, 0.25) is 0 Å². The Labute approximate surface area is 128 Å². The third-order valence-corrected chi connectivity index (χ3v) is 0. The zero-order chi connectivity index (χ0) is 8.08. The fourth-order valence-corrected chi connectivity index (χ4v) is 0. The van der Waals surface area contributed by atoms with Crippen LogP contribution in [0.25, 0.3) is 0 Å². The van der Waals surface area contributed by atoms with E-state index in [9.17, 15) is 0 Å². The van der Waals surface area contributed by atoms with Gasteiger partial charge in [0.05, 0.1) is 0 Å². The van der Waals surface area contributed by atoms with Gasteiger partial charge in [-0.25, -0.2) is 0 Å². The van der Waals surface area contributed by atoms with Gasteiger partial charge in [0.25, 0.3) is 0 Å². The van der Waals surface area contributed by atoms with E-state index in [4.69, 9.17) is 30.6 Å². The molecule has 0 aliphatic rings. The van der Waals surface area contributed by atoms with Crippen LogP contribution in [-0.2, 0) is 27.3 Å². The van der Waals surface area contributed by atoms with Crippen LogP contribution < -0.4 is 94.2 Å². The molecule has 0 amide bonds. The van der Waals surface area contributed by atoms with Gasteiger partial charge in [0, 0.05) is 0 Å². The Morgan fingerprint density at radius 2 is 0.846 bits per heavy atom. The molecule has 0 radical (unpaired) electrons. The molecule has 0 unspecified atom stereocenters. The maximum absolute atomic E-state index is 8.56. The molecule has 0 aromatic heterocycles. The van der Waals surface area contributed by atoms with E-state index in [-0.39, 0.29) is 75.4 Å². The maximum atomic E-state index is 8.56. The summed E-state index contributed by atoms with van der Waals surface area (Å²) in [6.07, 6.45) is 0. The molecule has 13 heteroatoms. The molecule has 7 nitrogen and oxygen atoms in total. The molecule has 13 heavy (non-hydrogen) atoms. The van der Waals surface area contributed by atoms with E-state index in [0.717, 1.165) is 0 Å². The third-order valence-electron chi connectivity index (χ3n) is 0. The Kier molecular flexibility index (Phi) is 55.8. The zero-order valence-corrected chi connectivity index (χ0v) is 10.0. The van der Waals surface area contributed by atoms with Crippen LogP contribution in [0.5, 0.6) is 0 Å². The summed E-state index contributed by atoms with van der Waals surface area (Å²) in [6.45, 7) is 0. The molecule has 0 bridgehead atoms. The fourth-order valence-electron chi connectivity index (χ4n) is 0. The number of hydrogen-bond donors (Lipinski definition) is 0. The quantitative estimate of drug-likeness (QED) is 0.292. The predicted octanol–water partition coefficient (Wildman–Crippen LogP) is -16.2. The van der Waals surface area contributed by atoms with Gasteiger partial charge in [0.15, 0.2) is 0 Å². The first-order valence-electron chi connectivity index (χ1n) is 1.28. The molecule has 0 heterocycles. The van der Waals surface area contributed by atoms with E-state index >= 15 is 0 Å². The van der Waals surface area contributed by atoms with Crippen molar-refractivity contribution in [3.8, 4) is 0 Å². The van der Waals surface area contributed by atoms with Crippen molar-refractivity contribution < 1.29 is 121 Å². The molecule has 0 rings (SSSR count). The molecule has 0 aromatic carbocycles. The number of hydrogen-bond acceptors (Lipinski definition) is 7. The zero-order valence-electron chi connectivity index (χ0n) is 7.75. The Morgan fingerprint density at radius 1 is 0.846 bits per heavy atom. The molecule has 0 aliphatic carbocycles. The summed E-state index contributed by atoms with van der Waals surface area (Å²) in [4.78, 5) is 25.6. The Morgan fingerprint density at radius 3 is 0.846 bits per heavy atom. The summed E-state index contributed by atoms with van der Waals surface area (Å²) in [5.41, 5.74) is 0. The second-order valence-corrected chi connectivity index (χ2v) is 2.26. The fraction of sp³-hybridized carbons (Fsp3) is 0. The van der Waals surface area contributed by atoms with Gasteiger partial charge in [-0.2, -0.15) is 7.82 Å². The van der Waals surface area contributed by atoms with Crippen LogP contribution in [0.3, 0.4) is 0 Å². The van der Waals surface area contributed by atoms with Crippen molar-refractivity contribution in [3.63, 3.8) is 0 Å². The van der Waals surface area contributed by atoms with Crippen molar-refractivity contribution in [1.29, 1.82) is 0 Å². The van der Waals surface area contributed by atoms with Gasteiger partial charge in [-0.3, -0.25) is 0 Å². The number of phosphoric acid groups is 1. The second-order valence-electron chi connectivity index (χ2n) is 0.671. The summed E-state index contributed by atoms with van der Waals surface area (Å²) in [5, 5.41) is 0. The minimum absolute atomic E-state index is 0. The van der Waals surface area contributed by atoms with Crippen LogP contribution in [0.4, 0.5) is 0 Å². The van der Waals surface area contributed by atoms with E-state index in [1.165, 1.54) is 0 Å². The predicted molar refractivity (Wildman–Crippen MR) is 8.98 cm³/mol. The van der Waals surface area contributed by atoms with Crippen molar-refractivity contribution in [1.82, 2.24) is 0 Å². The first kappa shape index (κ1) is 36.1. The Bertz CT molecular complexity index is 155. The van der Waals surface area contributed by atoms with E-state index in [1.54, 1.807) is 0 Å². The van der Waals surface area contributed by atoms with Gasteiger partial charge in [-0.1, -0.05) is 0 Å². The van der Waals surface area contributed by atoms with E-state index < -0.39 is 23.2 Å². The normalized spacial score (nSPS) is 6.46. The van der Waals surface area contributed by atoms with Gasteiger partial charge >= 0.3 is 102 Å². The molecular weight excluding hydrogens is 222 g/mol. The van der Waals surface area contributed by atoms with Crippen molar-refractivity contribution >= 4 is 7.82 Å². The van der Waals surface area contributed by atoms with E-state index in [1.807, 2.05) is 0 Å². The average Bonchev–Trinajstić information content (AvgIpc) is 1.19. The van der Waals surface area contributed by atoms with Gasteiger partial charge < -0.3 is 19.2 Å². The van der Waals surface area contributed by atoms with Crippen LogP contribution in [0, 0.1) is 0 Å². The molecule has 0 atom stereocenters. The number of rotatable bonds is 0. The standard InChI is InChI=1S/4Li.H3O4P.3O.V/c;;;;1-5(2,3)4;;;;/h;;;;(H3,1,2,3,4);;;;/q4*+1;;;;-1;/p-3. The van der Waals surface area contributed by atoms with Crippen LogP contribution in [-0.4, -0.2) is 0 Å². The summed E-state index contributed by atoms with van der Waals surface area (Å²) in [7, 11) is -5.39. The van der Waals surface area contributed by atoms with Gasteiger partial charge in [-0.15, -0.1) is 0 Å². The molecular formula is Li4O7PV. The van der Waals surface area contributed by atoms with Crippen molar-refractivity contribution in [2.45, 2.75) is 0 Å². The SMILES string of the molecule is O=P([O-])([O-])[O-].[Li+].[Li+].[Li+].[Li+].[O]=[V](=[O])[O-]. The van der Waals surface area contributed by atoms with E-state index in [2.05, 4.69) is 0 Å². The van der Waals surface area contributed by atoms with Crippen LogP contribution in [0.15, 0.2) is 0 Å². The molecule has 56 valence electrons.